The lowest BCUT2D eigenvalue weighted by atomic mass is 9.93. The molecule has 1 aromatic rings. The Kier molecular flexibility index (Phi) is 6.15. The van der Waals surface area contributed by atoms with Gasteiger partial charge in [-0.2, -0.15) is 0 Å². The second kappa shape index (κ2) is 8.81. The molecular weight excluding hydrogens is 382 g/mol. The van der Waals surface area contributed by atoms with Crippen molar-refractivity contribution in [2.24, 2.45) is 0 Å². The summed E-state index contributed by atoms with van der Waals surface area (Å²) >= 11 is 0. The zero-order chi connectivity index (χ0) is 21.1. The molecule has 4 rings (SSSR count). The van der Waals surface area contributed by atoms with Crippen LogP contribution in [0.5, 0.6) is 0 Å². The highest BCUT2D eigenvalue weighted by atomic mass is 16.5. The van der Waals surface area contributed by atoms with Gasteiger partial charge in [-0.3, -0.25) is 4.90 Å². The zero-order valence-corrected chi connectivity index (χ0v) is 18.0. The van der Waals surface area contributed by atoms with E-state index < -0.39 is 0 Å². The minimum Gasteiger partial charge on any atom is -0.378 e. The molecule has 0 saturated carbocycles. The van der Waals surface area contributed by atoms with Crippen molar-refractivity contribution in [1.29, 1.82) is 0 Å². The molecule has 8 heteroatoms. The molecule has 3 aliphatic heterocycles. The number of hydrogen-bond donors (Lipinski definition) is 1. The molecular formula is C22H33N5O3. The topological polar surface area (TPSA) is 68.4 Å². The largest absolute Gasteiger partial charge is 0.378 e. The summed E-state index contributed by atoms with van der Waals surface area (Å²) in [6.07, 6.45) is 0. The molecule has 3 heterocycles. The van der Waals surface area contributed by atoms with E-state index in [4.69, 9.17) is 4.74 Å². The smallest absolute Gasteiger partial charge is 0.320 e. The van der Waals surface area contributed by atoms with Crippen LogP contribution in [0.15, 0.2) is 30.3 Å². The molecule has 0 aliphatic carbocycles. The first kappa shape index (κ1) is 20.9. The van der Waals surface area contributed by atoms with E-state index in [1.165, 1.54) is 0 Å². The molecule has 164 valence electrons. The van der Waals surface area contributed by atoms with Crippen molar-refractivity contribution >= 4 is 12.1 Å². The van der Waals surface area contributed by atoms with Gasteiger partial charge in [-0.25, -0.2) is 9.59 Å². The van der Waals surface area contributed by atoms with Gasteiger partial charge in [0.25, 0.3) is 0 Å². The minimum absolute atomic E-state index is 0.0387. The second-order valence-corrected chi connectivity index (χ2v) is 9.01. The summed E-state index contributed by atoms with van der Waals surface area (Å²) in [6.45, 7) is 11.0. The van der Waals surface area contributed by atoms with Crippen molar-refractivity contribution in [2.45, 2.75) is 32.0 Å². The molecule has 0 bridgehead atoms. The fraction of sp³-hybridized carbons (Fsp3) is 0.636. The van der Waals surface area contributed by atoms with Crippen LogP contribution in [0.2, 0.25) is 0 Å². The standard InChI is InChI=1S/C22H33N5O3/c1-22(2)17-26(20(28)23-14-18-6-4-3-5-7-18)16-19-15-25(8-9-27(19)22)21(29)24-10-12-30-13-11-24/h3-7,19H,8-17H2,1-2H3,(H,23,28). The van der Waals surface area contributed by atoms with Gasteiger partial charge in [-0.15, -0.1) is 0 Å². The monoisotopic (exact) mass is 415 g/mol. The Hall–Kier alpha value is -2.32. The lowest BCUT2D eigenvalue weighted by Crippen LogP contribution is -2.71. The molecule has 4 amide bonds. The predicted octanol–water partition coefficient (Wildman–Crippen LogP) is 1.43. The highest BCUT2D eigenvalue weighted by Crippen LogP contribution is 2.28. The van der Waals surface area contributed by atoms with Crippen LogP contribution in [0.4, 0.5) is 9.59 Å². The zero-order valence-electron chi connectivity index (χ0n) is 18.0. The van der Waals surface area contributed by atoms with Gasteiger partial charge in [-0.05, 0) is 19.4 Å². The number of carbonyl (C=O) groups excluding carboxylic acids is 2. The second-order valence-electron chi connectivity index (χ2n) is 9.01. The van der Waals surface area contributed by atoms with Gasteiger partial charge in [-0.1, -0.05) is 30.3 Å². The van der Waals surface area contributed by atoms with Gasteiger partial charge in [0.15, 0.2) is 0 Å². The van der Waals surface area contributed by atoms with Crippen molar-refractivity contribution in [3.8, 4) is 0 Å². The molecule has 1 unspecified atom stereocenters. The SMILES string of the molecule is CC1(C)CN(C(=O)NCc2ccccc2)CC2CN(C(=O)N3CCOCC3)CCN21. The number of ether oxygens (including phenoxy) is 1. The van der Waals surface area contributed by atoms with Crippen LogP contribution in [0.3, 0.4) is 0 Å². The van der Waals surface area contributed by atoms with E-state index in [-0.39, 0.29) is 23.6 Å². The van der Waals surface area contributed by atoms with E-state index in [0.717, 1.165) is 18.7 Å². The molecule has 8 nitrogen and oxygen atoms in total. The van der Waals surface area contributed by atoms with Gasteiger partial charge in [0.2, 0.25) is 0 Å². The summed E-state index contributed by atoms with van der Waals surface area (Å²) in [5, 5.41) is 3.05. The normalized spacial score (nSPS) is 24.3. The summed E-state index contributed by atoms with van der Waals surface area (Å²) in [4.78, 5) is 34.1. The Morgan fingerprint density at radius 2 is 1.70 bits per heavy atom. The maximum Gasteiger partial charge on any atom is 0.320 e. The molecule has 3 saturated heterocycles. The first-order chi connectivity index (χ1) is 14.4. The number of urea groups is 2. The van der Waals surface area contributed by atoms with E-state index in [0.29, 0.717) is 52.5 Å². The quantitative estimate of drug-likeness (QED) is 0.794. The number of nitrogens with zero attached hydrogens (tertiary/aromatic N) is 4. The van der Waals surface area contributed by atoms with E-state index in [1.807, 2.05) is 45.0 Å². The third-order valence-corrected chi connectivity index (χ3v) is 6.40. The van der Waals surface area contributed by atoms with Crippen LogP contribution in [-0.4, -0.2) is 102 Å². The van der Waals surface area contributed by atoms with Gasteiger partial charge >= 0.3 is 12.1 Å². The van der Waals surface area contributed by atoms with Gasteiger partial charge in [0, 0.05) is 63.9 Å². The Balaban J connectivity index is 1.38. The van der Waals surface area contributed by atoms with Gasteiger partial charge < -0.3 is 24.8 Å². The molecule has 0 radical (unpaired) electrons. The minimum atomic E-state index is -0.124. The maximum atomic E-state index is 12.9. The number of rotatable bonds is 2. The van der Waals surface area contributed by atoms with E-state index in [9.17, 15) is 9.59 Å². The third kappa shape index (κ3) is 4.54. The highest BCUT2D eigenvalue weighted by molar-refractivity contribution is 5.75. The lowest BCUT2D eigenvalue weighted by molar-refractivity contribution is -0.0485. The molecule has 1 atom stereocenters. The van der Waals surface area contributed by atoms with Crippen molar-refractivity contribution in [3.05, 3.63) is 35.9 Å². The fourth-order valence-electron chi connectivity index (χ4n) is 4.85. The Morgan fingerprint density at radius 1 is 1.00 bits per heavy atom. The summed E-state index contributed by atoms with van der Waals surface area (Å²) in [5.74, 6) is 0. The van der Waals surface area contributed by atoms with Crippen molar-refractivity contribution < 1.29 is 14.3 Å². The van der Waals surface area contributed by atoms with Crippen molar-refractivity contribution in [3.63, 3.8) is 0 Å². The number of morpholine rings is 1. The maximum absolute atomic E-state index is 12.9. The first-order valence-electron chi connectivity index (χ1n) is 10.9. The predicted molar refractivity (Wildman–Crippen MR) is 114 cm³/mol. The van der Waals surface area contributed by atoms with Crippen LogP contribution in [0, 0.1) is 0 Å². The number of hydrogen-bond acceptors (Lipinski definition) is 4. The summed E-state index contributed by atoms with van der Waals surface area (Å²) in [5.41, 5.74) is 0.963. The summed E-state index contributed by atoms with van der Waals surface area (Å²) in [6, 6.07) is 10.2. The number of carbonyl (C=O) groups is 2. The number of nitrogens with one attached hydrogen (secondary N) is 1. The lowest BCUT2D eigenvalue weighted by Gasteiger charge is -2.55. The first-order valence-corrected chi connectivity index (χ1v) is 10.9. The summed E-state index contributed by atoms with van der Waals surface area (Å²) in [7, 11) is 0. The molecule has 1 N–H and O–H groups in total. The highest BCUT2D eigenvalue weighted by Gasteiger charge is 2.45. The number of benzene rings is 1. The van der Waals surface area contributed by atoms with Gasteiger partial charge in [0.1, 0.15) is 0 Å². The average Bonchev–Trinajstić information content (AvgIpc) is 2.77. The molecule has 3 fully saturated rings. The van der Waals surface area contributed by atoms with E-state index in [2.05, 4.69) is 24.1 Å². The van der Waals surface area contributed by atoms with E-state index >= 15 is 0 Å². The molecule has 3 aliphatic rings. The Morgan fingerprint density at radius 3 is 2.43 bits per heavy atom. The van der Waals surface area contributed by atoms with Crippen LogP contribution >= 0.6 is 0 Å². The van der Waals surface area contributed by atoms with E-state index in [1.54, 1.807) is 0 Å². The average molecular weight is 416 g/mol. The Labute approximate surface area is 178 Å². The molecule has 0 spiro atoms. The summed E-state index contributed by atoms with van der Waals surface area (Å²) < 4.78 is 5.37. The molecule has 0 aromatic heterocycles. The molecule has 1 aromatic carbocycles. The number of piperazine rings is 2. The van der Waals surface area contributed by atoms with Gasteiger partial charge in [0.05, 0.1) is 13.2 Å². The van der Waals surface area contributed by atoms with Crippen LogP contribution in [-0.2, 0) is 11.3 Å². The number of fused-ring (bicyclic) bond motifs is 1. The van der Waals surface area contributed by atoms with Crippen molar-refractivity contribution in [1.82, 2.24) is 24.9 Å². The van der Waals surface area contributed by atoms with Crippen LogP contribution in [0.25, 0.3) is 0 Å². The fourth-order valence-corrected chi connectivity index (χ4v) is 4.85. The van der Waals surface area contributed by atoms with Crippen LogP contribution < -0.4 is 5.32 Å². The van der Waals surface area contributed by atoms with Crippen LogP contribution in [0.1, 0.15) is 19.4 Å². The van der Waals surface area contributed by atoms with Crippen molar-refractivity contribution in [2.75, 3.05) is 59.0 Å². The molecule has 30 heavy (non-hydrogen) atoms. The third-order valence-electron chi connectivity index (χ3n) is 6.40. The Bertz CT molecular complexity index is 750. The number of amides is 4.